The van der Waals surface area contributed by atoms with Gasteiger partial charge in [-0.3, -0.25) is 9.48 Å². The van der Waals surface area contributed by atoms with Gasteiger partial charge in [0.25, 0.3) is 0 Å². The first-order chi connectivity index (χ1) is 11.1. The second kappa shape index (κ2) is 6.68. The molecule has 0 radical (unpaired) electrons. The van der Waals surface area contributed by atoms with Crippen molar-refractivity contribution in [1.82, 2.24) is 20.0 Å². The van der Waals surface area contributed by atoms with Crippen molar-refractivity contribution in [3.05, 3.63) is 23.9 Å². The van der Waals surface area contributed by atoms with E-state index in [1.165, 1.54) is 5.69 Å². The molecule has 0 bridgehead atoms. The number of carbonyl (C=O) groups is 1. The van der Waals surface area contributed by atoms with E-state index in [-0.39, 0.29) is 0 Å². The molecule has 1 amide bonds. The van der Waals surface area contributed by atoms with E-state index in [2.05, 4.69) is 27.9 Å². The van der Waals surface area contributed by atoms with Crippen LogP contribution in [0.2, 0.25) is 0 Å². The molecule has 1 aliphatic heterocycles. The molecule has 23 heavy (non-hydrogen) atoms. The molecular formula is C17H25N5O. The molecule has 1 aliphatic rings. The molecule has 6 heteroatoms. The van der Waals surface area contributed by atoms with E-state index in [0.29, 0.717) is 12.6 Å². The fraction of sp³-hybridized carbons (Fsp3) is 0.529. The van der Waals surface area contributed by atoms with Gasteiger partial charge in [-0.15, -0.1) is 0 Å². The number of hydrogen-bond donors (Lipinski definition) is 1. The lowest BCUT2D eigenvalue weighted by Crippen LogP contribution is -2.30. The zero-order chi connectivity index (χ0) is 16.4. The minimum atomic E-state index is 0.404. The highest BCUT2D eigenvalue weighted by atomic mass is 16.1. The summed E-state index contributed by atoms with van der Waals surface area (Å²) in [5.41, 5.74) is 2.99. The zero-order valence-corrected chi connectivity index (χ0v) is 14.1. The highest BCUT2D eigenvalue weighted by molar-refractivity contribution is 5.97. The lowest BCUT2D eigenvalue weighted by atomic mass is 10.1. The molecule has 0 aliphatic carbocycles. The number of aromatic nitrogens is 2. The number of carbonyl (C=O) groups excluding carboxylic acids is 1. The van der Waals surface area contributed by atoms with Gasteiger partial charge in [-0.2, -0.15) is 5.10 Å². The maximum atomic E-state index is 11.6. The summed E-state index contributed by atoms with van der Waals surface area (Å²) >= 11 is 0. The summed E-state index contributed by atoms with van der Waals surface area (Å²) in [6.45, 7) is 5.59. The van der Waals surface area contributed by atoms with Gasteiger partial charge in [-0.05, 0) is 40.1 Å². The monoisotopic (exact) mass is 315 g/mol. The lowest BCUT2D eigenvalue weighted by molar-refractivity contribution is -0.107. The second-order valence-corrected chi connectivity index (χ2v) is 6.45. The largest absolute Gasteiger partial charge is 0.315 e. The van der Waals surface area contributed by atoms with Crippen molar-refractivity contribution in [2.75, 3.05) is 45.2 Å². The van der Waals surface area contributed by atoms with Crippen molar-refractivity contribution in [3.8, 4) is 0 Å². The SMILES string of the molecule is Cc1c2cccc(N(C=O)CCN(C)C)c2nn1C1CCNC1. The number of rotatable bonds is 6. The molecule has 2 aromatic rings. The van der Waals surface area contributed by atoms with Gasteiger partial charge in [0.15, 0.2) is 0 Å². The van der Waals surface area contributed by atoms with Crippen LogP contribution in [0.5, 0.6) is 0 Å². The number of fused-ring (bicyclic) bond motifs is 1. The van der Waals surface area contributed by atoms with E-state index in [1.807, 2.05) is 26.2 Å². The van der Waals surface area contributed by atoms with Crippen molar-refractivity contribution >= 4 is 23.0 Å². The third-order valence-corrected chi connectivity index (χ3v) is 4.56. The van der Waals surface area contributed by atoms with E-state index in [1.54, 1.807) is 4.90 Å². The number of aryl methyl sites for hydroxylation is 1. The average molecular weight is 315 g/mol. The number of anilines is 1. The number of nitrogens with zero attached hydrogens (tertiary/aromatic N) is 4. The highest BCUT2D eigenvalue weighted by Crippen LogP contribution is 2.30. The molecule has 124 valence electrons. The van der Waals surface area contributed by atoms with Crippen molar-refractivity contribution in [2.45, 2.75) is 19.4 Å². The first-order valence-electron chi connectivity index (χ1n) is 8.17. The third kappa shape index (κ3) is 3.09. The van der Waals surface area contributed by atoms with Crippen LogP contribution >= 0.6 is 0 Å². The molecule has 1 aromatic heterocycles. The maximum absolute atomic E-state index is 11.6. The van der Waals surface area contributed by atoms with Crippen LogP contribution in [0.1, 0.15) is 18.2 Å². The Balaban J connectivity index is 2.00. The second-order valence-electron chi connectivity index (χ2n) is 6.45. The Bertz CT molecular complexity index is 688. The minimum absolute atomic E-state index is 0.404. The molecule has 0 saturated carbocycles. The number of benzene rings is 1. The molecule has 2 heterocycles. The summed E-state index contributed by atoms with van der Waals surface area (Å²) in [7, 11) is 4.02. The van der Waals surface area contributed by atoms with Crippen LogP contribution < -0.4 is 10.2 Å². The van der Waals surface area contributed by atoms with Crippen LogP contribution in [0.15, 0.2) is 18.2 Å². The predicted molar refractivity (Wildman–Crippen MR) is 93.0 cm³/mol. The summed E-state index contributed by atoms with van der Waals surface area (Å²) in [6.07, 6.45) is 2.01. The Kier molecular flexibility index (Phi) is 4.63. The molecule has 1 unspecified atom stereocenters. The van der Waals surface area contributed by atoms with E-state index < -0.39 is 0 Å². The van der Waals surface area contributed by atoms with Crippen molar-refractivity contribution in [3.63, 3.8) is 0 Å². The molecule has 1 atom stereocenters. The standard InChI is InChI=1S/C17H25N5O/c1-13-15-5-4-6-16(21(12-23)10-9-20(2)3)17(15)19-22(13)14-7-8-18-11-14/h4-6,12,14,18H,7-11H2,1-3H3. The Labute approximate surface area is 137 Å². The Morgan fingerprint density at radius 3 is 2.87 bits per heavy atom. The van der Waals surface area contributed by atoms with E-state index in [0.717, 1.165) is 49.1 Å². The fourth-order valence-electron chi connectivity index (χ4n) is 3.21. The topological polar surface area (TPSA) is 53.4 Å². The van der Waals surface area contributed by atoms with Gasteiger partial charge in [0.2, 0.25) is 6.41 Å². The highest BCUT2D eigenvalue weighted by Gasteiger charge is 2.22. The third-order valence-electron chi connectivity index (χ3n) is 4.56. The average Bonchev–Trinajstić information content (AvgIpc) is 3.16. The van der Waals surface area contributed by atoms with Crippen LogP contribution in [0.3, 0.4) is 0 Å². The Morgan fingerprint density at radius 1 is 1.39 bits per heavy atom. The maximum Gasteiger partial charge on any atom is 0.214 e. The summed E-state index contributed by atoms with van der Waals surface area (Å²) < 4.78 is 2.13. The van der Waals surface area contributed by atoms with Crippen molar-refractivity contribution < 1.29 is 4.79 Å². The lowest BCUT2D eigenvalue weighted by Gasteiger charge is -2.20. The summed E-state index contributed by atoms with van der Waals surface area (Å²) in [4.78, 5) is 15.4. The predicted octanol–water partition coefficient (Wildman–Crippen LogP) is 1.40. The molecular weight excluding hydrogens is 290 g/mol. The summed E-state index contributed by atoms with van der Waals surface area (Å²) in [6, 6.07) is 6.49. The summed E-state index contributed by atoms with van der Waals surface area (Å²) in [5.74, 6) is 0. The quantitative estimate of drug-likeness (QED) is 0.819. The van der Waals surface area contributed by atoms with E-state index in [4.69, 9.17) is 5.10 Å². The Hall–Kier alpha value is -1.92. The van der Waals surface area contributed by atoms with Crippen molar-refractivity contribution in [2.24, 2.45) is 0 Å². The molecule has 6 nitrogen and oxygen atoms in total. The van der Waals surface area contributed by atoms with Crippen LogP contribution in [0.4, 0.5) is 5.69 Å². The first-order valence-corrected chi connectivity index (χ1v) is 8.17. The first kappa shape index (κ1) is 16.0. The van der Waals surface area contributed by atoms with Crippen LogP contribution in [0.25, 0.3) is 10.9 Å². The molecule has 1 aromatic carbocycles. The van der Waals surface area contributed by atoms with Crippen LogP contribution in [-0.4, -0.2) is 61.4 Å². The summed E-state index contributed by atoms with van der Waals surface area (Å²) in [5, 5.41) is 9.37. The molecule has 1 saturated heterocycles. The number of hydrogen-bond acceptors (Lipinski definition) is 4. The van der Waals surface area contributed by atoms with Crippen LogP contribution in [-0.2, 0) is 4.79 Å². The van der Waals surface area contributed by atoms with Gasteiger partial charge in [0.05, 0.1) is 11.7 Å². The van der Waals surface area contributed by atoms with Gasteiger partial charge in [0.1, 0.15) is 5.52 Å². The van der Waals surface area contributed by atoms with Gasteiger partial charge in [-0.25, -0.2) is 0 Å². The molecule has 0 spiro atoms. The zero-order valence-electron chi connectivity index (χ0n) is 14.1. The van der Waals surface area contributed by atoms with E-state index in [9.17, 15) is 4.79 Å². The van der Waals surface area contributed by atoms with Gasteiger partial charge in [0, 0.05) is 30.7 Å². The molecule has 1 N–H and O–H groups in total. The minimum Gasteiger partial charge on any atom is -0.315 e. The normalized spacial score (nSPS) is 18.0. The van der Waals surface area contributed by atoms with Gasteiger partial charge in [-0.1, -0.05) is 12.1 Å². The Morgan fingerprint density at radius 2 is 2.22 bits per heavy atom. The van der Waals surface area contributed by atoms with Gasteiger partial charge >= 0.3 is 0 Å². The fourth-order valence-corrected chi connectivity index (χ4v) is 3.21. The number of amides is 1. The van der Waals surface area contributed by atoms with Crippen LogP contribution in [0, 0.1) is 6.92 Å². The molecule has 1 fully saturated rings. The smallest absolute Gasteiger partial charge is 0.214 e. The van der Waals surface area contributed by atoms with E-state index >= 15 is 0 Å². The number of likely N-dealkylation sites (N-methyl/N-ethyl adjacent to an activating group) is 1. The van der Waals surface area contributed by atoms with Crippen molar-refractivity contribution in [1.29, 1.82) is 0 Å². The molecule has 3 rings (SSSR count). The number of nitrogens with one attached hydrogen (secondary N) is 1. The van der Waals surface area contributed by atoms with Gasteiger partial charge < -0.3 is 15.1 Å².